The Labute approximate surface area is 86.4 Å². The van der Waals surface area contributed by atoms with Gasteiger partial charge in [-0.3, -0.25) is 0 Å². The molecule has 0 fully saturated rings. The summed E-state index contributed by atoms with van der Waals surface area (Å²) in [5, 5.41) is 2.96. The van der Waals surface area contributed by atoms with Gasteiger partial charge in [0.25, 0.3) is 0 Å². The number of rotatable bonds is 2. The summed E-state index contributed by atoms with van der Waals surface area (Å²) in [5.41, 5.74) is 13.9. The fraction of sp³-hybridized carbons (Fsp3) is 0.100. The first kappa shape index (κ1) is 9.18. The minimum Gasteiger partial charge on any atom is -0.399 e. The lowest BCUT2D eigenvalue weighted by molar-refractivity contribution is 1.04. The van der Waals surface area contributed by atoms with Crippen LogP contribution in [0.1, 0.15) is 5.01 Å². The highest BCUT2D eigenvalue weighted by molar-refractivity contribution is 7.09. The number of nitrogens with zero attached hydrogens (tertiary/aromatic N) is 1. The van der Waals surface area contributed by atoms with Gasteiger partial charge in [-0.05, 0) is 12.1 Å². The summed E-state index contributed by atoms with van der Waals surface area (Å²) >= 11 is 1.58. The van der Waals surface area contributed by atoms with E-state index in [4.69, 9.17) is 11.5 Å². The summed E-state index contributed by atoms with van der Waals surface area (Å²) in [7, 11) is 0. The zero-order valence-electron chi connectivity index (χ0n) is 7.60. The highest BCUT2D eigenvalue weighted by atomic mass is 32.1. The lowest BCUT2D eigenvalue weighted by atomic mass is 10.1. The fourth-order valence-corrected chi connectivity index (χ4v) is 1.87. The van der Waals surface area contributed by atoms with Crippen molar-refractivity contribution >= 4 is 17.0 Å². The van der Waals surface area contributed by atoms with E-state index in [-0.39, 0.29) is 0 Å². The van der Waals surface area contributed by atoms with Crippen molar-refractivity contribution in [2.24, 2.45) is 5.73 Å². The predicted octanol–water partition coefficient (Wildman–Crippen LogP) is 1.85. The molecule has 1 aromatic heterocycles. The number of nitrogens with two attached hydrogens (primary N) is 2. The minimum atomic E-state index is 0.500. The van der Waals surface area contributed by atoms with Crippen LogP contribution in [0.15, 0.2) is 29.6 Å². The van der Waals surface area contributed by atoms with Crippen molar-refractivity contribution in [1.82, 2.24) is 4.98 Å². The molecule has 2 rings (SSSR count). The Bertz CT molecular complexity index is 419. The molecule has 4 heteroatoms. The molecule has 14 heavy (non-hydrogen) atoms. The van der Waals surface area contributed by atoms with Gasteiger partial charge in [-0.25, -0.2) is 4.98 Å². The van der Waals surface area contributed by atoms with Gasteiger partial charge in [-0.1, -0.05) is 12.1 Å². The van der Waals surface area contributed by atoms with Crippen LogP contribution < -0.4 is 11.5 Å². The third-order valence-corrected chi connectivity index (χ3v) is 2.80. The molecule has 0 bridgehead atoms. The Morgan fingerprint density at radius 3 is 2.50 bits per heavy atom. The maximum absolute atomic E-state index is 5.60. The standard InChI is InChI=1S/C10H11N3S/c11-5-10-13-9(6-14-10)7-1-3-8(12)4-2-7/h1-4,6H,5,11-12H2. The molecule has 1 aromatic carbocycles. The van der Waals surface area contributed by atoms with Gasteiger partial charge in [0.15, 0.2) is 0 Å². The van der Waals surface area contributed by atoms with Crippen molar-refractivity contribution < 1.29 is 0 Å². The first-order valence-corrected chi connectivity index (χ1v) is 5.18. The van der Waals surface area contributed by atoms with Crippen molar-refractivity contribution in [2.75, 3.05) is 5.73 Å². The summed E-state index contributed by atoms with van der Waals surface area (Å²) in [6.07, 6.45) is 0. The average Bonchev–Trinajstić information content (AvgIpc) is 2.67. The second kappa shape index (κ2) is 3.77. The summed E-state index contributed by atoms with van der Waals surface area (Å²) in [4.78, 5) is 4.38. The Hall–Kier alpha value is -1.39. The lowest BCUT2D eigenvalue weighted by Crippen LogP contribution is -1.94. The van der Waals surface area contributed by atoms with Crippen LogP contribution in [0.4, 0.5) is 5.69 Å². The average molecular weight is 205 g/mol. The molecule has 0 radical (unpaired) electrons. The van der Waals surface area contributed by atoms with Crippen LogP contribution in [0.5, 0.6) is 0 Å². The molecule has 4 N–H and O–H groups in total. The summed E-state index contributed by atoms with van der Waals surface area (Å²) in [5.74, 6) is 0. The zero-order chi connectivity index (χ0) is 9.97. The van der Waals surface area contributed by atoms with Gasteiger partial charge in [-0.2, -0.15) is 0 Å². The monoisotopic (exact) mass is 205 g/mol. The third-order valence-electron chi connectivity index (χ3n) is 1.93. The molecule has 0 amide bonds. The van der Waals surface area contributed by atoms with Crippen LogP contribution in [-0.4, -0.2) is 4.98 Å². The number of anilines is 1. The Balaban J connectivity index is 2.34. The summed E-state index contributed by atoms with van der Waals surface area (Å²) in [6.45, 7) is 0.500. The molecule has 0 aliphatic rings. The SMILES string of the molecule is NCc1nc(-c2ccc(N)cc2)cs1. The summed E-state index contributed by atoms with van der Waals surface area (Å²) < 4.78 is 0. The van der Waals surface area contributed by atoms with E-state index >= 15 is 0 Å². The highest BCUT2D eigenvalue weighted by Crippen LogP contribution is 2.22. The van der Waals surface area contributed by atoms with Gasteiger partial charge in [0.2, 0.25) is 0 Å². The second-order valence-corrected chi connectivity index (χ2v) is 3.90. The van der Waals surface area contributed by atoms with E-state index in [1.54, 1.807) is 11.3 Å². The zero-order valence-corrected chi connectivity index (χ0v) is 8.42. The molecule has 0 aliphatic heterocycles. The van der Waals surface area contributed by atoms with Gasteiger partial charge in [0, 0.05) is 23.2 Å². The molecule has 0 saturated heterocycles. The summed E-state index contributed by atoms with van der Waals surface area (Å²) in [6, 6.07) is 7.67. The van der Waals surface area contributed by atoms with Crippen LogP contribution in [0.2, 0.25) is 0 Å². The largest absolute Gasteiger partial charge is 0.399 e. The molecule has 0 saturated carbocycles. The Morgan fingerprint density at radius 1 is 1.21 bits per heavy atom. The molecular formula is C10H11N3S. The molecule has 2 aromatic rings. The van der Waals surface area contributed by atoms with Crippen molar-refractivity contribution in [3.8, 4) is 11.3 Å². The van der Waals surface area contributed by atoms with E-state index in [0.29, 0.717) is 6.54 Å². The second-order valence-electron chi connectivity index (χ2n) is 2.95. The number of nitrogen functional groups attached to an aromatic ring is 1. The van der Waals surface area contributed by atoms with Crippen molar-refractivity contribution in [2.45, 2.75) is 6.54 Å². The van der Waals surface area contributed by atoms with Crippen molar-refractivity contribution in [3.05, 3.63) is 34.7 Å². The van der Waals surface area contributed by atoms with Gasteiger partial charge >= 0.3 is 0 Å². The minimum absolute atomic E-state index is 0.500. The highest BCUT2D eigenvalue weighted by Gasteiger charge is 2.02. The maximum atomic E-state index is 5.60. The van der Waals surface area contributed by atoms with Crippen molar-refractivity contribution in [1.29, 1.82) is 0 Å². The molecular weight excluding hydrogens is 194 g/mol. The fourth-order valence-electron chi connectivity index (χ4n) is 1.19. The lowest BCUT2D eigenvalue weighted by Gasteiger charge is -1.96. The normalized spacial score (nSPS) is 10.4. The predicted molar refractivity (Wildman–Crippen MR) is 59.9 cm³/mol. The first-order chi connectivity index (χ1) is 6.79. The van der Waals surface area contributed by atoms with Gasteiger partial charge in [0.05, 0.1) is 5.69 Å². The van der Waals surface area contributed by atoms with Crippen LogP contribution in [0.3, 0.4) is 0 Å². The van der Waals surface area contributed by atoms with E-state index in [1.165, 1.54) is 0 Å². The number of hydrogen-bond acceptors (Lipinski definition) is 4. The van der Waals surface area contributed by atoms with Crippen LogP contribution in [-0.2, 0) is 6.54 Å². The quantitative estimate of drug-likeness (QED) is 0.735. The number of benzene rings is 1. The number of aromatic nitrogens is 1. The Kier molecular flexibility index (Phi) is 2.47. The van der Waals surface area contributed by atoms with Crippen molar-refractivity contribution in [3.63, 3.8) is 0 Å². The molecule has 72 valence electrons. The van der Waals surface area contributed by atoms with E-state index in [1.807, 2.05) is 29.6 Å². The molecule has 0 atom stereocenters. The number of hydrogen-bond donors (Lipinski definition) is 2. The van der Waals surface area contributed by atoms with Crippen LogP contribution in [0, 0.1) is 0 Å². The Morgan fingerprint density at radius 2 is 1.93 bits per heavy atom. The molecule has 0 aliphatic carbocycles. The smallest absolute Gasteiger partial charge is 0.107 e. The van der Waals surface area contributed by atoms with E-state index in [0.717, 1.165) is 22.0 Å². The maximum Gasteiger partial charge on any atom is 0.107 e. The number of thiazole rings is 1. The van der Waals surface area contributed by atoms with Gasteiger partial charge in [-0.15, -0.1) is 11.3 Å². The van der Waals surface area contributed by atoms with Gasteiger partial charge in [0.1, 0.15) is 5.01 Å². The molecule has 1 heterocycles. The molecule has 3 nitrogen and oxygen atoms in total. The topological polar surface area (TPSA) is 64.9 Å². The first-order valence-electron chi connectivity index (χ1n) is 4.30. The molecule has 0 unspecified atom stereocenters. The van der Waals surface area contributed by atoms with E-state index in [2.05, 4.69) is 4.98 Å². The van der Waals surface area contributed by atoms with Crippen LogP contribution >= 0.6 is 11.3 Å². The third kappa shape index (κ3) is 1.76. The van der Waals surface area contributed by atoms with Gasteiger partial charge < -0.3 is 11.5 Å². The molecule has 0 spiro atoms. The van der Waals surface area contributed by atoms with E-state index in [9.17, 15) is 0 Å². The van der Waals surface area contributed by atoms with E-state index < -0.39 is 0 Å². The van der Waals surface area contributed by atoms with Crippen LogP contribution in [0.25, 0.3) is 11.3 Å².